The van der Waals surface area contributed by atoms with Crippen molar-refractivity contribution in [3.05, 3.63) is 113 Å². The van der Waals surface area contributed by atoms with E-state index in [1.807, 2.05) is 49.4 Å². The Kier molecular flexibility index (Phi) is 12.6. The highest BCUT2D eigenvalue weighted by Gasteiger charge is 2.76. The molecular formula is C49H55N3O13S. The fourth-order valence-corrected chi connectivity index (χ4v) is 12.0. The minimum atomic E-state index is -4.96. The van der Waals surface area contributed by atoms with E-state index in [4.69, 9.17) is 9.47 Å². The molecule has 16 nitrogen and oxygen atoms in total. The molecule has 0 radical (unpaired) electrons. The van der Waals surface area contributed by atoms with Gasteiger partial charge < -0.3 is 25.2 Å². The molecule has 11 atom stereocenters. The van der Waals surface area contributed by atoms with Crippen LogP contribution >= 0.6 is 0 Å². The lowest BCUT2D eigenvalue weighted by Gasteiger charge is -2.59. The fraction of sp³-hybridized carbons (Fsp3) is 0.469. The Morgan fingerprint density at radius 1 is 1.02 bits per heavy atom. The number of amides is 4. The molecule has 2 heterocycles. The molecule has 0 unspecified atom stereocenters. The quantitative estimate of drug-likeness (QED) is 0.141. The van der Waals surface area contributed by atoms with Crippen LogP contribution in [0.4, 0.5) is 5.69 Å². The first-order valence-electron chi connectivity index (χ1n) is 22.2. The first-order chi connectivity index (χ1) is 31.1. The lowest BCUT2D eigenvalue weighted by molar-refractivity contribution is -0.200. The van der Waals surface area contributed by atoms with Crippen LogP contribution in [0.2, 0.25) is 0 Å². The van der Waals surface area contributed by atoms with Gasteiger partial charge in [0.15, 0.2) is 23.5 Å². The van der Waals surface area contributed by atoms with Crippen LogP contribution in [-0.2, 0) is 59.2 Å². The standard InChI is InChI=1S/C49H55N3O13S/c1-27-17-18-47(4)33(19-27)13-14-35-36-23-40-49(39(55)26-63-66(60,61)62,48(36,5)24-38(54)44(35)47)65-46(64-40)32-11-9-30(10-12-32)21-31-7-6-8-34(22-31)51-45(59)28(2)20-37(53)29(3)50-41(56)25-52-42(57)15-16-43(52)58/h6-12,15-19,22,28-29,35-36,38,40,44,46,54H,1,13-14,20-21,23-26H2,2-5H3,(H,50,56)(H,51,59)(H,60,61,62)/t28-,29+,35+,36+,38+,40-,44-,46-,47+,48+,49-/m1/s1. The molecular weight excluding hydrogens is 871 g/mol. The molecule has 2 aromatic rings. The average Bonchev–Trinajstić information content (AvgIpc) is 3.88. The number of imide groups is 1. The number of carbonyl (C=O) groups is 6. The second-order valence-corrected chi connectivity index (χ2v) is 20.2. The molecule has 4 aliphatic carbocycles. The molecule has 0 aromatic heterocycles. The number of nitrogens with zero attached hydrogens (tertiary/aromatic N) is 1. The monoisotopic (exact) mass is 925 g/mol. The minimum Gasteiger partial charge on any atom is -0.393 e. The molecule has 17 heteroatoms. The normalized spacial score (nSPS) is 31.9. The molecule has 4 fully saturated rings. The molecule has 6 aliphatic rings. The fourth-order valence-electron chi connectivity index (χ4n) is 11.8. The lowest BCUT2D eigenvalue weighted by atomic mass is 9.46. The predicted molar refractivity (Wildman–Crippen MR) is 238 cm³/mol. The second kappa shape index (κ2) is 17.7. The number of nitrogens with one attached hydrogen (secondary N) is 2. The van der Waals surface area contributed by atoms with E-state index >= 15 is 0 Å². The van der Waals surface area contributed by atoms with Gasteiger partial charge in [0.05, 0.1) is 18.2 Å². The summed E-state index contributed by atoms with van der Waals surface area (Å²) in [4.78, 5) is 77.1. The van der Waals surface area contributed by atoms with E-state index in [9.17, 15) is 46.8 Å². The zero-order valence-electron chi connectivity index (χ0n) is 37.2. The Labute approximate surface area is 383 Å². The van der Waals surface area contributed by atoms with Crippen LogP contribution in [0.25, 0.3) is 0 Å². The summed E-state index contributed by atoms with van der Waals surface area (Å²) in [6, 6.07) is 13.7. The summed E-state index contributed by atoms with van der Waals surface area (Å²) in [5.74, 6) is -4.39. The van der Waals surface area contributed by atoms with E-state index in [1.54, 1.807) is 19.1 Å². The Balaban J connectivity index is 0.914. The molecule has 2 aromatic carbocycles. The molecule has 0 spiro atoms. The first-order valence-corrected chi connectivity index (χ1v) is 23.6. The summed E-state index contributed by atoms with van der Waals surface area (Å²) in [7, 11) is -4.96. The summed E-state index contributed by atoms with van der Waals surface area (Å²) in [5, 5.41) is 17.4. The molecule has 2 aliphatic heterocycles. The third-order valence-electron chi connectivity index (χ3n) is 15.0. The summed E-state index contributed by atoms with van der Waals surface area (Å²) in [6.45, 7) is 9.77. The zero-order valence-corrected chi connectivity index (χ0v) is 38.0. The molecule has 0 bridgehead atoms. The molecule has 4 N–H and O–H groups in total. The number of hydrogen-bond acceptors (Lipinski definition) is 12. The SMILES string of the molecule is C=C1C=C[C@@]2(C)C(=C1)CC[C@@H]1[C@@H]2[C@@H](O)C[C@@]2(C)[C@H]1C[C@H]1O[C@@H](c3ccc(Cc4cccc(NC(=O)[C@H](C)CC(=O)[C@H](C)NC(=O)CN5C(=O)C=CC5=O)c4)cc3)O[C@]12C(=O)COS(=O)(=O)O. The number of hydrogen-bond donors (Lipinski definition) is 4. The van der Waals surface area contributed by atoms with Crippen molar-refractivity contribution in [2.24, 2.45) is 34.5 Å². The smallest absolute Gasteiger partial charge is 0.393 e. The molecule has 8 rings (SSSR count). The van der Waals surface area contributed by atoms with Gasteiger partial charge in [0.25, 0.3) is 11.8 Å². The van der Waals surface area contributed by atoms with Gasteiger partial charge in [-0.2, -0.15) is 8.42 Å². The molecule has 1 saturated heterocycles. The highest BCUT2D eigenvalue weighted by Crippen LogP contribution is 2.70. The van der Waals surface area contributed by atoms with Crippen molar-refractivity contribution < 1.29 is 60.5 Å². The zero-order chi connectivity index (χ0) is 47.5. The highest BCUT2D eigenvalue weighted by molar-refractivity contribution is 7.80. The van der Waals surface area contributed by atoms with Crippen molar-refractivity contribution in [2.75, 3.05) is 18.5 Å². The lowest BCUT2D eigenvalue weighted by Crippen LogP contribution is -2.63. The number of carbonyl (C=O) groups excluding carboxylic acids is 6. The molecule has 4 amide bonds. The van der Waals surface area contributed by atoms with E-state index in [2.05, 4.69) is 40.5 Å². The molecule has 3 saturated carbocycles. The number of benzene rings is 2. The van der Waals surface area contributed by atoms with Crippen LogP contribution in [0.5, 0.6) is 0 Å². The topological polar surface area (TPSA) is 232 Å². The van der Waals surface area contributed by atoms with E-state index in [1.165, 1.54) is 12.5 Å². The summed E-state index contributed by atoms with van der Waals surface area (Å²) >= 11 is 0. The van der Waals surface area contributed by atoms with Crippen molar-refractivity contribution >= 4 is 51.3 Å². The van der Waals surface area contributed by atoms with Crippen LogP contribution < -0.4 is 10.6 Å². The van der Waals surface area contributed by atoms with E-state index < -0.39 is 106 Å². The Morgan fingerprint density at radius 3 is 2.42 bits per heavy atom. The average molecular weight is 926 g/mol. The number of anilines is 1. The van der Waals surface area contributed by atoms with Gasteiger partial charge in [-0.3, -0.25) is 38.2 Å². The van der Waals surface area contributed by atoms with E-state index in [0.29, 0.717) is 24.1 Å². The predicted octanol–water partition coefficient (Wildman–Crippen LogP) is 4.66. The Bertz CT molecular complexity index is 2570. The van der Waals surface area contributed by atoms with Gasteiger partial charge in [-0.05, 0) is 79.7 Å². The van der Waals surface area contributed by atoms with Gasteiger partial charge in [0.2, 0.25) is 11.8 Å². The van der Waals surface area contributed by atoms with Crippen LogP contribution in [0, 0.1) is 34.5 Å². The number of ether oxygens (including phenoxy) is 2. The van der Waals surface area contributed by atoms with Crippen LogP contribution in [0.3, 0.4) is 0 Å². The van der Waals surface area contributed by atoms with Crippen LogP contribution in [0.15, 0.2) is 96.6 Å². The first kappa shape index (κ1) is 47.1. The Hall–Kier alpha value is -5.43. The van der Waals surface area contributed by atoms with Gasteiger partial charge in [-0.1, -0.05) is 87.5 Å². The van der Waals surface area contributed by atoms with Crippen LogP contribution in [0.1, 0.15) is 82.8 Å². The van der Waals surface area contributed by atoms with Gasteiger partial charge >= 0.3 is 10.4 Å². The molecule has 350 valence electrons. The minimum absolute atomic E-state index is 0.00222. The summed E-state index contributed by atoms with van der Waals surface area (Å²) < 4.78 is 50.9. The number of fused-ring (bicyclic) bond motifs is 7. The summed E-state index contributed by atoms with van der Waals surface area (Å²) in [6.07, 6.45) is 8.26. The van der Waals surface area contributed by atoms with Crippen molar-refractivity contribution in [1.82, 2.24) is 10.2 Å². The van der Waals surface area contributed by atoms with E-state index in [-0.39, 0.29) is 30.6 Å². The summed E-state index contributed by atoms with van der Waals surface area (Å²) in [5.41, 5.74) is 1.98. The highest BCUT2D eigenvalue weighted by atomic mass is 32.3. The third kappa shape index (κ3) is 8.68. The number of aliphatic hydroxyl groups excluding tert-OH is 1. The second-order valence-electron chi connectivity index (χ2n) is 19.1. The van der Waals surface area contributed by atoms with Gasteiger partial charge in [-0.25, -0.2) is 4.18 Å². The number of aliphatic hydroxyl groups is 1. The largest absolute Gasteiger partial charge is 0.397 e. The van der Waals surface area contributed by atoms with Gasteiger partial charge in [0, 0.05) is 52.5 Å². The maximum atomic E-state index is 14.4. The number of ketones is 2. The van der Waals surface area contributed by atoms with Crippen molar-refractivity contribution in [1.29, 1.82) is 0 Å². The Morgan fingerprint density at radius 2 is 1.73 bits per heavy atom. The van der Waals surface area contributed by atoms with Crippen molar-refractivity contribution in [3.63, 3.8) is 0 Å². The molecule has 66 heavy (non-hydrogen) atoms. The third-order valence-corrected chi connectivity index (χ3v) is 15.4. The maximum absolute atomic E-state index is 14.4. The van der Waals surface area contributed by atoms with Crippen molar-refractivity contribution in [3.8, 4) is 0 Å². The maximum Gasteiger partial charge on any atom is 0.397 e. The number of Topliss-reactive ketones (excluding diaryl/α,β-unsaturated/α-hetero) is 2. The van der Waals surface area contributed by atoms with Crippen LogP contribution in [-0.4, -0.2) is 95.2 Å². The van der Waals surface area contributed by atoms with Gasteiger partial charge in [0.1, 0.15) is 13.2 Å². The number of rotatable bonds is 15. The number of allylic oxidation sites excluding steroid dienone is 5. The van der Waals surface area contributed by atoms with E-state index in [0.717, 1.165) is 46.6 Å². The van der Waals surface area contributed by atoms with Gasteiger partial charge in [-0.15, -0.1) is 0 Å². The van der Waals surface area contributed by atoms with Crippen molar-refractivity contribution in [2.45, 2.75) is 96.4 Å².